The monoisotopic (exact) mass is 627 g/mol. The summed E-state index contributed by atoms with van der Waals surface area (Å²) < 4.78 is 5.89. The van der Waals surface area contributed by atoms with E-state index in [4.69, 9.17) is 9.84 Å². The molecular weight excluding hydrogens is 582 g/mol. The van der Waals surface area contributed by atoms with E-state index in [2.05, 4.69) is 24.1 Å². The third-order valence-electron chi connectivity index (χ3n) is 9.78. The molecule has 2 heterocycles. The third kappa shape index (κ3) is 7.22. The normalized spacial score (nSPS) is 22.2. The highest BCUT2D eigenvalue weighted by Crippen LogP contribution is 2.39. The Labute approximate surface area is 266 Å². The number of likely N-dealkylation sites (tertiary alicyclic amines) is 1. The van der Waals surface area contributed by atoms with Gasteiger partial charge in [0, 0.05) is 32.1 Å². The van der Waals surface area contributed by atoms with Gasteiger partial charge in [0.05, 0.1) is 11.2 Å². The Hall–Kier alpha value is -3.14. The largest absolute Gasteiger partial charge is 0.478 e. The number of unbranched alkanes of at least 4 members (excludes halogenated alkanes) is 1. The quantitative estimate of drug-likeness (QED) is 0.309. The Balaban J connectivity index is 0.00000442. The Morgan fingerprint density at radius 2 is 1.57 bits per heavy atom. The molecule has 2 saturated heterocycles. The molecule has 3 N–H and O–H groups in total. The van der Waals surface area contributed by atoms with E-state index in [0.717, 1.165) is 37.7 Å². The lowest BCUT2D eigenvalue weighted by atomic mass is 9.77. The highest BCUT2D eigenvalue weighted by Gasteiger charge is 2.54. The minimum Gasteiger partial charge on any atom is -0.478 e. The minimum absolute atomic E-state index is 0. The van der Waals surface area contributed by atoms with Crippen LogP contribution in [0.15, 0.2) is 48.5 Å². The molecule has 3 aliphatic rings. The summed E-state index contributed by atoms with van der Waals surface area (Å²) in [6, 6.07) is 13.6. The van der Waals surface area contributed by atoms with Gasteiger partial charge in [-0.15, -0.1) is 12.4 Å². The Morgan fingerprint density at radius 3 is 2.14 bits per heavy atom. The number of aliphatic hydroxyl groups is 1. The minimum atomic E-state index is -0.976. The Kier molecular flexibility index (Phi) is 11.0. The van der Waals surface area contributed by atoms with E-state index < -0.39 is 23.2 Å². The second-order valence-corrected chi connectivity index (χ2v) is 12.6. The molecule has 1 aliphatic carbocycles. The van der Waals surface area contributed by atoms with Gasteiger partial charge >= 0.3 is 5.97 Å². The molecule has 240 valence electrons. The summed E-state index contributed by atoms with van der Waals surface area (Å²) >= 11 is 0. The number of piperazine rings is 1. The standard InChI is InChI=1S/C34H45N3O6.ClH/c1-3-4-20-37-30(38)29(23-33(42)16-6-5-7-17-33)35-32(41)34(37)18-21-36(22-19-34)24(2)25-8-12-27(13-9-25)43-28-14-10-26(11-15-28)31(39)40;/h8-15,24,29,42H,3-7,16-23H2,1-2H3,(H,35,41)(H,39,40);1H/t24?,29-;/m1./s1. The van der Waals surface area contributed by atoms with Crippen LogP contribution in [0.5, 0.6) is 11.5 Å². The number of benzene rings is 2. The fourth-order valence-corrected chi connectivity index (χ4v) is 7.05. The zero-order valence-electron chi connectivity index (χ0n) is 25.8. The van der Waals surface area contributed by atoms with Gasteiger partial charge in [0.2, 0.25) is 11.8 Å². The summed E-state index contributed by atoms with van der Waals surface area (Å²) in [5.41, 5.74) is -0.391. The second kappa shape index (κ2) is 14.3. The number of aromatic carboxylic acids is 1. The number of rotatable bonds is 10. The van der Waals surface area contributed by atoms with Crippen LogP contribution in [0.25, 0.3) is 0 Å². The van der Waals surface area contributed by atoms with Crippen molar-refractivity contribution in [3.05, 3.63) is 59.7 Å². The van der Waals surface area contributed by atoms with E-state index in [-0.39, 0.29) is 35.8 Å². The molecule has 2 aromatic rings. The van der Waals surface area contributed by atoms with E-state index in [9.17, 15) is 19.5 Å². The van der Waals surface area contributed by atoms with Crippen molar-refractivity contribution in [3.8, 4) is 11.5 Å². The van der Waals surface area contributed by atoms with E-state index >= 15 is 0 Å². The van der Waals surface area contributed by atoms with E-state index in [1.165, 1.54) is 12.1 Å². The number of halogens is 1. The molecule has 0 aromatic heterocycles. The van der Waals surface area contributed by atoms with E-state index in [0.29, 0.717) is 63.2 Å². The number of carboxylic acid groups (broad SMARTS) is 1. The van der Waals surface area contributed by atoms with Crippen LogP contribution in [-0.2, 0) is 9.59 Å². The Bertz CT molecular complexity index is 1290. The molecule has 2 aliphatic heterocycles. The van der Waals surface area contributed by atoms with Crippen molar-refractivity contribution in [1.82, 2.24) is 15.1 Å². The van der Waals surface area contributed by atoms with Crippen LogP contribution < -0.4 is 10.1 Å². The molecule has 0 radical (unpaired) electrons. The third-order valence-corrected chi connectivity index (χ3v) is 9.78. The van der Waals surface area contributed by atoms with Gasteiger partial charge in [-0.25, -0.2) is 4.79 Å². The smallest absolute Gasteiger partial charge is 0.335 e. The summed E-state index contributed by atoms with van der Waals surface area (Å²) in [5, 5.41) is 23.3. The van der Waals surface area contributed by atoms with Crippen LogP contribution >= 0.6 is 12.4 Å². The SMILES string of the molecule is CCCCN1C(=O)[C@@H](CC2(O)CCCCC2)NC(=O)C12CCN(C(C)c1ccc(Oc3ccc(C(=O)O)cc3)cc1)CC2.Cl. The summed E-state index contributed by atoms with van der Waals surface area (Å²) in [4.78, 5) is 42.9. The highest BCUT2D eigenvalue weighted by molar-refractivity contribution is 6.00. The van der Waals surface area contributed by atoms with Crippen molar-refractivity contribution < 1.29 is 29.3 Å². The predicted octanol–water partition coefficient (Wildman–Crippen LogP) is 5.71. The number of nitrogens with zero attached hydrogens (tertiary/aromatic N) is 2. The van der Waals surface area contributed by atoms with Crippen molar-refractivity contribution in [2.75, 3.05) is 19.6 Å². The topological polar surface area (TPSA) is 119 Å². The van der Waals surface area contributed by atoms with Gasteiger partial charge in [0.15, 0.2) is 0 Å². The van der Waals surface area contributed by atoms with Crippen molar-refractivity contribution in [1.29, 1.82) is 0 Å². The lowest BCUT2D eigenvalue weighted by Crippen LogP contribution is -2.73. The molecule has 3 fully saturated rings. The molecule has 0 bridgehead atoms. The van der Waals surface area contributed by atoms with Crippen LogP contribution in [0, 0.1) is 0 Å². The molecule has 10 heteroatoms. The summed E-state index contributed by atoms with van der Waals surface area (Å²) in [6.45, 7) is 6.19. The van der Waals surface area contributed by atoms with Crippen molar-refractivity contribution in [2.24, 2.45) is 0 Å². The zero-order chi connectivity index (χ0) is 30.6. The molecule has 2 atom stereocenters. The first-order valence-corrected chi connectivity index (χ1v) is 15.8. The number of carboxylic acids is 1. The van der Waals surface area contributed by atoms with Gasteiger partial charge in [-0.3, -0.25) is 14.5 Å². The lowest BCUT2D eigenvalue weighted by molar-refractivity contribution is -0.164. The van der Waals surface area contributed by atoms with Crippen LogP contribution in [0.3, 0.4) is 0 Å². The first-order valence-electron chi connectivity index (χ1n) is 15.8. The molecule has 1 saturated carbocycles. The number of carbonyl (C=O) groups is 3. The molecule has 5 rings (SSSR count). The maximum atomic E-state index is 13.9. The van der Waals surface area contributed by atoms with Crippen LogP contribution in [0.2, 0.25) is 0 Å². The van der Waals surface area contributed by atoms with Gasteiger partial charge in [0.1, 0.15) is 23.1 Å². The first-order chi connectivity index (χ1) is 20.6. The average molecular weight is 628 g/mol. The molecule has 2 amide bonds. The number of amides is 2. The van der Waals surface area contributed by atoms with Crippen LogP contribution in [-0.4, -0.2) is 74.6 Å². The zero-order valence-corrected chi connectivity index (χ0v) is 26.6. The number of ether oxygens (including phenoxy) is 1. The second-order valence-electron chi connectivity index (χ2n) is 12.6. The molecule has 2 aromatic carbocycles. The van der Waals surface area contributed by atoms with Gasteiger partial charge in [0.25, 0.3) is 0 Å². The molecule has 1 spiro atoms. The number of hydrogen-bond donors (Lipinski definition) is 3. The van der Waals surface area contributed by atoms with Crippen molar-refractivity contribution in [3.63, 3.8) is 0 Å². The van der Waals surface area contributed by atoms with Crippen LogP contribution in [0.4, 0.5) is 0 Å². The summed E-state index contributed by atoms with van der Waals surface area (Å²) in [6.07, 6.45) is 7.62. The van der Waals surface area contributed by atoms with Gasteiger partial charge in [-0.05, 0) is 81.0 Å². The number of nitrogens with one attached hydrogen (secondary N) is 1. The summed E-state index contributed by atoms with van der Waals surface area (Å²) in [7, 11) is 0. The predicted molar refractivity (Wildman–Crippen MR) is 170 cm³/mol. The first kappa shape index (κ1) is 33.7. The molecule has 44 heavy (non-hydrogen) atoms. The fourth-order valence-electron chi connectivity index (χ4n) is 7.05. The summed E-state index contributed by atoms with van der Waals surface area (Å²) in [5.74, 6) is 0.138. The van der Waals surface area contributed by atoms with Gasteiger partial charge in [-0.2, -0.15) is 0 Å². The maximum Gasteiger partial charge on any atom is 0.335 e. The average Bonchev–Trinajstić information content (AvgIpc) is 3.01. The molecular formula is C34H46ClN3O6. The highest BCUT2D eigenvalue weighted by atomic mass is 35.5. The fraction of sp³-hybridized carbons (Fsp3) is 0.559. The van der Waals surface area contributed by atoms with Crippen LogP contribution in [0.1, 0.15) is 100 Å². The van der Waals surface area contributed by atoms with E-state index in [1.807, 2.05) is 29.2 Å². The van der Waals surface area contributed by atoms with Gasteiger partial charge < -0.3 is 25.2 Å². The molecule has 1 unspecified atom stereocenters. The van der Waals surface area contributed by atoms with Crippen molar-refractivity contribution in [2.45, 2.75) is 101 Å². The maximum absolute atomic E-state index is 13.9. The number of carbonyl (C=O) groups excluding carboxylic acids is 2. The van der Waals surface area contributed by atoms with E-state index in [1.54, 1.807) is 12.1 Å². The van der Waals surface area contributed by atoms with Gasteiger partial charge in [-0.1, -0.05) is 44.7 Å². The number of hydrogen-bond acceptors (Lipinski definition) is 6. The number of piperidine rings is 1. The van der Waals surface area contributed by atoms with Crippen molar-refractivity contribution >= 4 is 30.2 Å². The molecule has 9 nitrogen and oxygen atoms in total. The lowest BCUT2D eigenvalue weighted by Gasteiger charge is -2.53. The Morgan fingerprint density at radius 1 is 0.977 bits per heavy atom.